The number of hydrogen-bond donors (Lipinski definition) is 0. The second kappa shape index (κ2) is 6.41. The molecule has 0 radical (unpaired) electrons. The predicted octanol–water partition coefficient (Wildman–Crippen LogP) is 2.70. The lowest BCUT2D eigenvalue weighted by molar-refractivity contribution is -0.000781. The van der Waals surface area contributed by atoms with E-state index in [-0.39, 0.29) is 5.75 Å². The molecule has 1 aromatic carbocycles. The Bertz CT molecular complexity index is 738. The van der Waals surface area contributed by atoms with Crippen molar-refractivity contribution in [1.82, 2.24) is 0 Å². The van der Waals surface area contributed by atoms with Gasteiger partial charge < -0.3 is 4.74 Å². The van der Waals surface area contributed by atoms with Crippen LogP contribution in [0.3, 0.4) is 0 Å². The number of sulfonamides is 1. The van der Waals surface area contributed by atoms with Crippen LogP contribution in [0.15, 0.2) is 45.5 Å². The highest BCUT2D eigenvalue weighted by atomic mass is 32.3. The number of nitrogens with zero attached hydrogens (tertiary/aromatic N) is 1. The van der Waals surface area contributed by atoms with Crippen molar-refractivity contribution in [2.24, 2.45) is 3.77 Å². The molecule has 0 N–H and O–H groups in total. The first kappa shape index (κ1) is 17.4. The Kier molecular flexibility index (Phi) is 5.31. The molecule has 0 aliphatic heterocycles. The van der Waals surface area contributed by atoms with Crippen molar-refractivity contribution in [2.75, 3.05) is 0 Å². The van der Waals surface area contributed by atoms with E-state index in [0.29, 0.717) is 0 Å². The average molecular weight is 349 g/mol. The fraction of sp³-hybridized carbons (Fsp3) is 0.111. The minimum Gasteiger partial charge on any atom is -0.432 e. The van der Waals surface area contributed by atoms with Crippen molar-refractivity contribution in [3.05, 3.63) is 36.9 Å². The van der Waals surface area contributed by atoms with Crippen molar-refractivity contribution in [2.45, 2.75) is 10.7 Å². The van der Waals surface area contributed by atoms with E-state index >= 15 is 0 Å². The van der Waals surface area contributed by atoms with E-state index in [0.717, 1.165) is 24.3 Å². The number of hydrogen-bond acceptors (Lipinski definition) is 5. The fourth-order valence-electron chi connectivity index (χ4n) is 1.06. The van der Waals surface area contributed by atoms with Gasteiger partial charge >= 0.3 is 5.76 Å². The van der Waals surface area contributed by atoms with E-state index in [9.17, 15) is 30.3 Å². The summed E-state index contributed by atoms with van der Waals surface area (Å²) in [5.74, 6) is -4.12. The van der Waals surface area contributed by atoms with Gasteiger partial charge in [-0.1, -0.05) is 8.16 Å². The van der Waals surface area contributed by atoms with Crippen LogP contribution in [-0.4, -0.2) is 18.4 Å². The smallest absolute Gasteiger partial charge is 0.346 e. The molecule has 21 heavy (non-hydrogen) atoms. The zero-order valence-corrected chi connectivity index (χ0v) is 11.5. The van der Waals surface area contributed by atoms with Gasteiger partial charge in [-0.3, -0.25) is 0 Å². The van der Waals surface area contributed by atoms with E-state index in [2.05, 4.69) is 19.5 Å². The normalized spacial score (nSPS) is 14.5. The highest BCUT2D eigenvalue weighted by Gasteiger charge is 2.29. The Hall–Kier alpha value is -1.66. The summed E-state index contributed by atoms with van der Waals surface area (Å²) >= 11 is 0. The monoisotopic (exact) mass is 349 g/mol. The van der Waals surface area contributed by atoms with E-state index in [1.807, 2.05) is 0 Å². The molecule has 0 heterocycles. The number of ether oxygens (including phenoxy) is 1. The summed E-state index contributed by atoms with van der Waals surface area (Å²) in [5, 5.41) is 0. The summed E-state index contributed by atoms with van der Waals surface area (Å²) in [6, 6.07) is 2.32. The van der Waals surface area contributed by atoms with Gasteiger partial charge in [0, 0.05) is 0 Å². The van der Waals surface area contributed by atoms with Crippen molar-refractivity contribution in [3.8, 4) is 5.75 Å². The fourth-order valence-corrected chi connectivity index (χ4v) is 3.38. The Morgan fingerprint density at radius 3 is 2.10 bits per heavy atom. The molecular formula is C9H7F4NO5S2. The zero-order chi connectivity index (χ0) is 16.3. The molecule has 0 spiro atoms. The lowest BCUT2D eigenvalue weighted by Gasteiger charge is -2.05. The van der Waals surface area contributed by atoms with Gasteiger partial charge in [-0.25, -0.2) is 4.21 Å². The van der Waals surface area contributed by atoms with Crippen LogP contribution in [0.2, 0.25) is 0 Å². The van der Waals surface area contributed by atoms with Gasteiger partial charge in [-0.2, -0.15) is 21.6 Å². The third-order valence-corrected chi connectivity index (χ3v) is 4.98. The van der Waals surface area contributed by atoms with Crippen molar-refractivity contribution < 1.29 is 39.4 Å². The lowest BCUT2D eigenvalue weighted by atomic mass is 10.3. The molecule has 6 nitrogen and oxygen atoms in total. The molecule has 1 unspecified atom stereocenters. The SMILES string of the molecule is C=C(F)Oc1ccc(S(=O)(=O)N=S(=O)(OF)C(F)F)cc1. The summed E-state index contributed by atoms with van der Waals surface area (Å²) in [4.78, 5) is -0.704. The molecule has 1 rings (SSSR count). The molecule has 0 bridgehead atoms. The first-order valence-corrected chi connectivity index (χ1v) is 7.78. The molecule has 0 saturated heterocycles. The largest absolute Gasteiger partial charge is 0.432 e. The Balaban J connectivity index is 3.23. The van der Waals surface area contributed by atoms with Gasteiger partial charge in [0.15, 0.2) is 0 Å². The summed E-state index contributed by atoms with van der Waals surface area (Å²) in [6.07, 6.45) is 0. The molecule has 0 fully saturated rings. The maximum absolute atomic E-state index is 12.3. The van der Waals surface area contributed by atoms with Crippen molar-refractivity contribution in [1.29, 1.82) is 0 Å². The summed E-state index contributed by atoms with van der Waals surface area (Å²) < 4.78 is 92.1. The minimum atomic E-state index is -5.35. The van der Waals surface area contributed by atoms with Gasteiger partial charge in [0.25, 0.3) is 26.0 Å². The average Bonchev–Trinajstić information content (AvgIpc) is 2.37. The molecule has 12 heteroatoms. The molecule has 1 atom stereocenters. The van der Waals surface area contributed by atoms with Crippen LogP contribution in [-0.2, 0) is 24.4 Å². The Morgan fingerprint density at radius 1 is 1.19 bits per heavy atom. The van der Waals surface area contributed by atoms with E-state index in [1.54, 1.807) is 0 Å². The molecule has 1 aromatic rings. The van der Waals surface area contributed by atoms with Crippen LogP contribution in [0.25, 0.3) is 0 Å². The maximum atomic E-state index is 12.3. The zero-order valence-electron chi connectivity index (χ0n) is 9.91. The number of alkyl halides is 2. The van der Waals surface area contributed by atoms with E-state index in [4.69, 9.17) is 0 Å². The van der Waals surface area contributed by atoms with E-state index in [1.165, 1.54) is 0 Å². The number of rotatable bonds is 6. The van der Waals surface area contributed by atoms with Crippen LogP contribution in [0, 0.1) is 0 Å². The molecule has 0 amide bonds. The van der Waals surface area contributed by atoms with Crippen LogP contribution in [0.5, 0.6) is 5.75 Å². The topological polar surface area (TPSA) is 82.0 Å². The summed E-state index contributed by atoms with van der Waals surface area (Å²) in [7, 11) is -10.2. The van der Waals surface area contributed by atoms with Crippen LogP contribution < -0.4 is 4.74 Å². The van der Waals surface area contributed by atoms with Crippen LogP contribution in [0.1, 0.15) is 0 Å². The molecule has 0 aliphatic carbocycles. The van der Waals surface area contributed by atoms with Crippen molar-refractivity contribution >= 4 is 20.0 Å². The van der Waals surface area contributed by atoms with Gasteiger partial charge in [0.2, 0.25) is 0 Å². The van der Waals surface area contributed by atoms with Gasteiger partial charge in [0.05, 0.1) is 4.90 Å². The Morgan fingerprint density at radius 2 is 1.71 bits per heavy atom. The third kappa shape index (κ3) is 4.41. The molecule has 0 aliphatic rings. The molecule has 0 saturated carbocycles. The van der Waals surface area contributed by atoms with Gasteiger partial charge in [-0.05, 0) is 35.4 Å². The summed E-state index contributed by atoms with van der Waals surface area (Å²) in [6.45, 7) is 2.80. The molecular weight excluding hydrogens is 342 g/mol. The van der Waals surface area contributed by atoms with Crippen LogP contribution in [0.4, 0.5) is 17.7 Å². The number of halogens is 4. The second-order valence-electron chi connectivity index (χ2n) is 3.32. The minimum absolute atomic E-state index is 0.141. The predicted molar refractivity (Wildman–Crippen MR) is 63.3 cm³/mol. The third-order valence-electron chi connectivity index (χ3n) is 1.87. The highest BCUT2D eigenvalue weighted by molar-refractivity contribution is 8.01. The van der Waals surface area contributed by atoms with Gasteiger partial charge in [-0.15, -0.1) is 0 Å². The van der Waals surface area contributed by atoms with Crippen molar-refractivity contribution in [3.63, 3.8) is 0 Å². The standard InChI is InChI=1S/C9H7F4NO5S2/c1-6(10)18-7-2-4-8(5-3-7)20(15,16)14-21(17,19-13)9(11)12/h2-5,9H,1H2. The van der Waals surface area contributed by atoms with E-state index < -0.39 is 36.7 Å². The van der Waals surface area contributed by atoms with Crippen LogP contribution >= 0.6 is 0 Å². The summed E-state index contributed by atoms with van der Waals surface area (Å²) in [5.41, 5.74) is 0. The van der Waals surface area contributed by atoms with Gasteiger partial charge in [0.1, 0.15) is 5.75 Å². The lowest BCUT2D eigenvalue weighted by Crippen LogP contribution is -2.14. The first-order chi connectivity index (χ1) is 9.60. The quantitative estimate of drug-likeness (QED) is 0.583. The number of benzene rings is 1. The highest BCUT2D eigenvalue weighted by Crippen LogP contribution is 2.22. The Labute approximate surface area is 117 Å². The molecule has 118 valence electrons. The first-order valence-electron chi connectivity index (χ1n) is 4.83. The maximum Gasteiger partial charge on any atom is 0.346 e. The molecule has 0 aromatic heterocycles. The second-order valence-corrected chi connectivity index (χ2v) is 6.85.